The fourth-order valence-electron chi connectivity index (χ4n) is 1.53. The fourth-order valence-corrected chi connectivity index (χ4v) is 1.53. The molecule has 0 aliphatic carbocycles. The molecule has 2 heteroatoms. The molecule has 2 N–H and O–H groups in total. The van der Waals surface area contributed by atoms with Crippen LogP contribution in [0.2, 0.25) is 0 Å². The van der Waals surface area contributed by atoms with E-state index in [0.29, 0.717) is 6.42 Å². The quantitative estimate of drug-likeness (QED) is 0.694. The van der Waals surface area contributed by atoms with Crippen LogP contribution in [-0.4, -0.2) is 11.3 Å². The third-order valence-corrected chi connectivity index (χ3v) is 2.23. The number of fused-ring (bicyclic) bond motifs is 1. The minimum atomic E-state index is 0.289. The minimum absolute atomic E-state index is 0.289. The number of hydrogen-bond donors (Lipinski definition) is 2. The summed E-state index contributed by atoms with van der Waals surface area (Å²) in [4.78, 5) is 0. The van der Waals surface area contributed by atoms with E-state index in [9.17, 15) is 5.11 Å². The summed E-state index contributed by atoms with van der Waals surface area (Å²) in [6.07, 6.45) is 2.05. The smallest absolute Gasteiger partial charge is 0.116 e. The van der Waals surface area contributed by atoms with Gasteiger partial charge in [0.1, 0.15) is 5.75 Å². The fraction of sp³-hybridized carbons (Fsp3) is 0.0833. The lowest BCUT2D eigenvalue weighted by Gasteiger charge is -2.01. The zero-order valence-corrected chi connectivity index (χ0v) is 7.70. The first-order valence-electron chi connectivity index (χ1n) is 4.50. The molecule has 0 saturated heterocycles. The van der Waals surface area contributed by atoms with E-state index in [4.69, 9.17) is 5.41 Å². The summed E-state index contributed by atoms with van der Waals surface area (Å²) in [5, 5.41) is 18.4. The van der Waals surface area contributed by atoms with Crippen molar-refractivity contribution in [3.05, 3.63) is 42.0 Å². The van der Waals surface area contributed by atoms with Crippen molar-refractivity contribution in [2.24, 2.45) is 0 Å². The topological polar surface area (TPSA) is 44.1 Å². The number of phenolic OH excluding ortho intramolecular Hbond substituents is 1. The average Bonchev–Trinajstić information content (AvgIpc) is 2.19. The molecule has 0 amide bonds. The van der Waals surface area contributed by atoms with Crippen molar-refractivity contribution in [1.29, 1.82) is 5.41 Å². The standard InChI is InChI=1S/C12H11NO/c13-6-5-9-1-2-11-8-12(14)4-3-10(11)7-9/h1-4,6-8,13-14H,5H2. The highest BCUT2D eigenvalue weighted by Crippen LogP contribution is 2.20. The van der Waals surface area contributed by atoms with Gasteiger partial charge in [-0.1, -0.05) is 24.3 Å². The lowest BCUT2D eigenvalue weighted by atomic mass is 10.1. The van der Waals surface area contributed by atoms with Crippen LogP contribution in [0.25, 0.3) is 10.8 Å². The maximum absolute atomic E-state index is 9.27. The highest BCUT2D eigenvalue weighted by Gasteiger charge is 1.96. The lowest BCUT2D eigenvalue weighted by molar-refractivity contribution is 0.476. The van der Waals surface area contributed by atoms with Gasteiger partial charge >= 0.3 is 0 Å². The molecule has 0 heterocycles. The Morgan fingerprint density at radius 1 is 1.07 bits per heavy atom. The number of nitrogens with one attached hydrogen (secondary N) is 1. The molecule has 70 valence electrons. The highest BCUT2D eigenvalue weighted by molar-refractivity contribution is 5.84. The summed E-state index contributed by atoms with van der Waals surface area (Å²) in [5.74, 6) is 0.289. The van der Waals surface area contributed by atoms with E-state index in [-0.39, 0.29) is 5.75 Å². The molecule has 0 fully saturated rings. The van der Waals surface area contributed by atoms with Crippen molar-refractivity contribution in [3.8, 4) is 5.75 Å². The highest BCUT2D eigenvalue weighted by atomic mass is 16.3. The second-order valence-corrected chi connectivity index (χ2v) is 3.27. The predicted molar refractivity (Wildman–Crippen MR) is 58.1 cm³/mol. The Kier molecular flexibility index (Phi) is 2.19. The summed E-state index contributed by atoms with van der Waals surface area (Å²) in [6.45, 7) is 0. The van der Waals surface area contributed by atoms with Gasteiger partial charge in [-0.2, -0.15) is 0 Å². The molecule has 0 radical (unpaired) electrons. The van der Waals surface area contributed by atoms with Gasteiger partial charge in [0.25, 0.3) is 0 Å². The Morgan fingerprint density at radius 3 is 2.57 bits per heavy atom. The van der Waals surface area contributed by atoms with Gasteiger partial charge in [0.15, 0.2) is 0 Å². The molecule has 0 spiro atoms. The van der Waals surface area contributed by atoms with Gasteiger partial charge in [0, 0.05) is 6.42 Å². The van der Waals surface area contributed by atoms with Gasteiger partial charge in [0.2, 0.25) is 0 Å². The molecule has 0 bridgehead atoms. The minimum Gasteiger partial charge on any atom is -0.508 e. The molecular weight excluding hydrogens is 174 g/mol. The molecule has 14 heavy (non-hydrogen) atoms. The number of phenols is 1. The van der Waals surface area contributed by atoms with Crippen molar-refractivity contribution in [2.75, 3.05) is 0 Å². The Balaban J connectivity index is 2.55. The Hall–Kier alpha value is -1.83. The molecule has 2 aromatic rings. The lowest BCUT2D eigenvalue weighted by Crippen LogP contribution is -1.84. The molecule has 0 aromatic heterocycles. The van der Waals surface area contributed by atoms with Crippen molar-refractivity contribution >= 4 is 17.0 Å². The molecule has 0 saturated carbocycles. The van der Waals surface area contributed by atoms with Gasteiger partial charge in [-0.3, -0.25) is 0 Å². The first-order chi connectivity index (χ1) is 6.79. The first kappa shape index (κ1) is 8.75. The SMILES string of the molecule is N=CCc1ccc2cc(O)ccc2c1. The van der Waals surface area contributed by atoms with E-state index in [0.717, 1.165) is 16.3 Å². The average molecular weight is 185 g/mol. The largest absolute Gasteiger partial charge is 0.508 e. The predicted octanol–water partition coefficient (Wildman–Crippen LogP) is 2.74. The van der Waals surface area contributed by atoms with E-state index in [1.807, 2.05) is 24.3 Å². The van der Waals surface area contributed by atoms with Crippen molar-refractivity contribution in [2.45, 2.75) is 6.42 Å². The summed E-state index contributed by atoms with van der Waals surface area (Å²) in [6, 6.07) is 11.3. The molecule has 2 rings (SSSR count). The van der Waals surface area contributed by atoms with Gasteiger partial charge in [0.05, 0.1) is 0 Å². The van der Waals surface area contributed by atoms with E-state index in [2.05, 4.69) is 0 Å². The zero-order valence-electron chi connectivity index (χ0n) is 7.70. The number of benzene rings is 2. The van der Waals surface area contributed by atoms with Crippen LogP contribution in [0.5, 0.6) is 5.75 Å². The zero-order chi connectivity index (χ0) is 9.97. The maximum Gasteiger partial charge on any atom is 0.116 e. The van der Waals surface area contributed by atoms with Crippen molar-refractivity contribution in [3.63, 3.8) is 0 Å². The first-order valence-corrected chi connectivity index (χ1v) is 4.50. The van der Waals surface area contributed by atoms with Crippen LogP contribution in [0.4, 0.5) is 0 Å². The Labute approximate surface area is 82.3 Å². The third-order valence-electron chi connectivity index (χ3n) is 2.23. The molecule has 2 aromatic carbocycles. The van der Waals surface area contributed by atoms with Gasteiger partial charge in [-0.15, -0.1) is 0 Å². The molecule has 0 aliphatic rings. The van der Waals surface area contributed by atoms with E-state index < -0.39 is 0 Å². The normalized spacial score (nSPS) is 10.3. The van der Waals surface area contributed by atoms with Gasteiger partial charge in [-0.25, -0.2) is 0 Å². The molecule has 0 aliphatic heterocycles. The van der Waals surface area contributed by atoms with E-state index in [1.165, 1.54) is 6.21 Å². The van der Waals surface area contributed by atoms with E-state index >= 15 is 0 Å². The summed E-state index contributed by atoms with van der Waals surface area (Å²) in [7, 11) is 0. The van der Waals surface area contributed by atoms with Crippen LogP contribution in [0, 0.1) is 5.41 Å². The van der Waals surface area contributed by atoms with Crippen LogP contribution in [0.1, 0.15) is 5.56 Å². The van der Waals surface area contributed by atoms with Crippen LogP contribution in [-0.2, 0) is 6.42 Å². The van der Waals surface area contributed by atoms with E-state index in [1.54, 1.807) is 12.1 Å². The molecule has 0 unspecified atom stereocenters. The second kappa shape index (κ2) is 3.50. The third kappa shape index (κ3) is 1.59. The number of hydrogen-bond acceptors (Lipinski definition) is 2. The van der Waals surface area contributed by atoms with Crippen LogP contribution >= 0.6 is 0 Å². The maximum atomic E-state index is 9.27. The number of aromatic hydroxyl groups is 1. The second-order valence-electron chi connectivity index (χ2n) is 3.27. The van der Waals surface area contributed by atoms with Crippen LogP contribution in [0.15, 0.2) is 36.4 Å². The monoisotopic (exact) mass is 185 g/mol. The van der Waals surface area contributed by atoms with Crippen molar-refractivity contribution < 1.29 is 5.11 Å². The molecule has 2 nitrogen and oxygen atoms in total. The summed E-state index contributed by atoms with van der Waals surface area (Å²) >= 11 is 0. The Morgan fingerprint density at radius 2 is 1.79 bits per heavy atom. The molecule has 0 atom stereocenters. The summed E-state index contributed by atoms with van der Waals surface area (Å²) in [5.41, 5.74) is 1.12. The Bertz CT molecular complexity index is 477. The van der Waals surface area contributed by atoms with Crippen molar-refractivity contribution in [1.82, 2.24) is 0 Å². The van der Waals surface area contributed by atoms with Crippen LogP contribution < -0.4 is 0 Å². The summed E-state index contributed by atoms with van der Waals surface area (Å²) < 4.78 is 0. The van der Waals surface area contributed by atoms with Crippen LogP contribution in [0.3, 0.4) is 0 Å². The van der Waals surface area contributed by atoms with Gasteiger partial charge in [-0.05, 0) is 34.7 Å². The number of rotatable bonds is 2. The molecular formula is C12H11NO. The van der Waals surface area contributed by atoms with Gasteiger partial charge < -0.3 is 10.5 Å².